The van der Waals surface area contributed by atoms with Gasteiger partial charge in [-0.2, -0.15) is 111 Å². The number of aliphatic hydroxyl groups excluding tert-OH is 1. The maximum absolute atomic E-state index is 13.6. The molecule has 8 heterocycles. The molecule has 0 saturated heterocycles. The zero-order valence-electron chi connectivity index (χ0n) is 72.7. The van der Waals surface area contributed by atoms with Crippen molar-refractivity contribution in [2.75, 3.05) is 46.6 Å². The lowest BCUT2D eigenvalue weighted by atomic mass is 10.1. The lowest BCUT2D eigenvalue weighted by molar-refractivity contribution is -0.385. The van der Waals surface area contributed by atoms with E-state index in [0.717, 1.165) is 120 Å². The van der Waals surface area contributed by atoms with Crippen molar-refractivity contribution in [3.8, 4) is 58.1 Å². The van der Waals surface area contributed by atoms with Crippen LogP contribution < -0.4 is 34.7 Å². The summed E-state index contributed by atoms with van der Waals surface area (Å²) in [5, 5.41) is 68.0. The number of nitrogen functional groups attached to an aromatic ring is 1. The number of halogens is 15. The number of anilines is 2. The predicted molar refractivity (Wildman–Crippen MR) is 447 cm³/mol. The molecular formula is C84H66F15N19O23. The minimum atomic E-state index is -4.87. The number of aldehydes is 1. The van der Waals surface area contributed by atoms with E-state index in [9.17, 15) is 125 Å². The van der Waals surface area contributed by atoms with Gasteiger partial charge in [-0.15, -0.1) is 0 Å². The number of carbonyl (C=O) groups excluding carboxylic acids is 6. The molecular weight excluding hydrogens is 1930 g/mol. The molecule has 0 aliphatic heterocycles. The van der Waals surface area contributed by atoms with Crippen LogP contribution in [0.2, 0.25) is 0 Å². The molecule has 13 rings (SSSR count). The summed E-state index contributed by atoms with van der Waals surface area (Å²) in [5.74, 6) is -9.26. The number of nitrogens with zero attached hydrogens (tertiary/aromatic N) is 17. The first-order valence-electron chi connectivity index (χ1n) is 38.8. The number of hydrogen-bond donors (Lipinski definition) is 3. The van der Waals surface area contributed by atoms with E-state index in [1.165, 1.54) is 107 Å². The largest absolute Gasteiger partial charge is 0.465 e. The molecule has 57 heteroatoms. The van der Waals surface area contributed by atoms with E-state index in [1.54, 1.807) is 0 Å². The summed E-state index contributed by atoms with van der Waals surface area (Å²) in [5.41, 5.74) is -2.52. The van der Waals surface area contributed by atoms with Gasteiger partial charge in [-0.1, -0.05) is 0 Å². The average molecular weight is 1990 g/mol. The molecule has 0 fully saturated rings. The topological polar surface area (TPSA) is 539 Å². The van der Waals surface area contributed by atoms with Crippen LogP contribution in [0.3, 0.4) is 0 Å². The summed E-state index contributed by atoms with van der Waals surface area (Å²) in [7, 11) is 5.37. The van der Waals surface area contributed by atoms with Crippen LogP contribution in [0.25, 0.3) is 0 Å². The van der Waals surface area contributed by atoms with Gasteiger partial charge in [0, 0.05) is 90.4 Å². The highest BCUT2D eigenvalue weighted by Gasteiger charge is 2.42. The molecule has 0 spiro atoms. The Morgan fingerprint density at radius 2 is 0.624 bits per heavy atom. The van der Waals surface area contributed by atoms with Gasteiger partial charge < -0.3 is 63.5 Å². The maximum Gasteiger partial charge on any atom is 0.421 e. The smallest absolute Gasteiger partial charge is 0.421 e. The number of nitrogens with two attached hydrogens (primary N) is 1. The van der Waals surface area contributed by atoms with Crippen molar-refractivity contribution in [2.24, 2.45) is 0 Å². The first-order valence-corrected chi connectivity index (χ1v) is 38.8. The molecule has 0 atom stereocenters. The molecule has 0 radical (unpaired) electrons. The van der Waals surface area contributed by atoms with Crippen molar-refractivity contribution in [3.05, 3.63) is 303 Å². The Kier molecular flexibility index (Phi) is 35.2. The van der Waals surface area contributed by atoms with Gasteiger partial charge in [0.05, 0.1) is 125 Å². The van der Waals surface area contributed by atoms with Crippen LogP contribution in [0.1, 0.15) is 126 Å². The van der Waals surface area contributed by atoms with E-state index in [4.69, 9.17) is 39.3 Å². The number of hydrogen-bond acceptors (Lipinski definition) is 36. The molecule has 0 unspecified atom stereocenters. The van der Waals surface area contributed by atoms with Gasteiger partial charge in [0.25, 0.3) is 17.1 Å². The number of nitro benzene ring substituents is 3. The zero-order chi connectivity index (χ0) is 104. The summed E-state index contributed by atoms with van der Waals surface area (Å²) in [6, 6.07) is 20.4. The number of carbonyl (C=O) groups is 6. The molecule has 141 heavy (non-hydrogen) atoms. The number of rotatable bonds is 28. The van der Waals surface area contributed by atoms with Crippen molar-refractivity contribution >= 4 is 64.6 Å². The molecule has 8 aromatic heterocycles. The first-order chi connectivity index (χ1) is 66.5. The highest BCUT2D eigenvalue weighted by molar-refractivity contribution is 5.98. The zero-order valence-corrected chi connectivity index (χ0v) is 72.7. The molecule has 0 aliphatic carbocycles. The van der Waals surface area contributed by atoms with Crippen molar-refractivity contribution in [1.29, 1.82) is 0 Å². The first kappa shape index (κ1) is 107. The highest BCUT2D eigenvalue weighted by atomic mass is 19.4. The SMILES string of the molecule is COC(=O)c1cc(Oc2ncc(C=O)cc2C(F)(F)F)ccc1[N+](=O)[O-].COC(=O)c1cc(Oc2ncc(CO)cc2C(F)(F)F)ccc1[N+](=O)[O-].COC(=O)c1cc(Oc2ncc(Cn3nccn3)cc2C(F)(F)F)ccc1N.COC(=O)c1cc(Oc2ncc(Cn3nccn3)cc2C(F)(F)F)ccc1NC(C)C.COC(=O)c1cc(Oc2ncc(Cn3nccn3)cc2C(F)(F)F)ccc1[N+](=O)[O-]. The van der Waals surface area contributed by atoms with E-state index in [1.807, 2.05) is 13.8 Å². The van der Waals surface area contributed by atoms with Gasteiger partial charge in [0.1, 0.15) is 73.3 Å². The fourth-order valence-electron chi connectivity index (χ4n) is 11.5. The van der Waals surface area contributed by atoms with Crippen LogP contribution in [0.5, 0.6) is 58.1 Å². The van der Waals surface area contributed by atoms with Gasteiger partial charge in [0.15, 0.2) is 6.29 Å². The van der Waals surface area contributed by atoms with Crippen LogP contribution in [0.4, 0.5) is 94.3 Å². The van der Waals surface area contributed by atoms with Gasteiger partial charge in [0.2, 0.25) is 29.4 Å². The monoisotopic (exact) mass is 1990 g/mol. The Bertz CT molecular complexity index is 6700. The summed E-state index contributed by atoms with van der Waals surface area (Å²) in [6.07, 6.45) is -9.81. The summed E-state index contributed by atoms with van der Waals surface area (Å²) in [6.45, 7) is 3.09. The third-order valence-corrected chi connectivity index (χ3v) is 17.8. The number of pyridine rings is 5. The Labute approximate surface area is 778 Å². The summed E-state index contributed by atoms with van der Waals surface area (Å²) >= 11 is 0. The molecule has 42 nitrogen and oxygen atoms in total. The van der Waals surface area contributed by atoms with Crippen LogP contribution in [0.15, 0.2) is 189 Å². The Hall–Kier alpha value is -18.0. The van der Waals surface area contributed by atoms with E-state index in [-0.39, 0.29) is 105 Å². The molecule has 0 aliphatic rings. The number of esters is 5. The molecule has 5 aromatic carbocycles. The Balaban J connectivity index is 0.000000197. The average Bonchev–Trinajstić information content (AvgIpc) is 1.32. The lowest BCUT2D eigenvalue weighted by Gasteiger charge is -2.17. The summed E-state index contributed by atoms with van der Waals surface area (Å²) < 4.78 is 249. The van der Waals surface area contributed by atoms with Crippen LogP contribution >= 0.6 is 0 Å². The van der Waals surface area contributed by atoms with Crippen LogP contribution in [-0.2, 0) is 80.8 Å². The molecule has 13 aromatic rings. The fourth-order valence-corrected chi connectivity index (χ4v) is 11.5. The number of methoxy groups -OCH3 is 5. The number of nitro groups is 3. The predicted octanol–water partition coefficient (Wildman–Crippen LogP) is 16.7. The highest BCUT2D eigenvalue weighted by Crippen LogP contribution is 2.45. The second kappa shape index (κ2) is 46.5. The lowest BCUT2D eigenvalue weighted by Crippen LogP contribution is -2.14. The third kappa shape index (κ3) is 29.3. The normalized spacial score (nSPS) is 11.2. The second-order valence-electron chi connectivity index (χ2n) is 27.9. The number of nitrogens with one attached hydrogen (secondary N) is 1. The van der Waals surface area contributed by atoms with Crippen molar-refractivity contribution in [3.63, 3.8) is 0 Å². The Morgan fingerprint density at radius 3 is 0.901 bits per heavy atom. The van der Waals surface area contributed by atoms with Gasteiger partial charge in [-0.25, -0.2) is 48.9 Å². The van der Waals surface area contributed by atoms with Gasteiger partial charge in [-0.05, 0) is 121 Å². The van der Waals surface area contributed by atoms with Gasteiger partial charge in [-0.3, -0.25) is 35.1 Å². The third-order valence-electron chi connectivity index (χ3n) is 17.8. The number of benzene rings is 5. The second-order valence-corrected chi connectivity index (χ2v) is 27.9. The quantitative estimate of drug-likeness (QED) is 0.00779. The van der Waals surface area contributed by atoms with E-state index in [2.05, 4.69) is 79.8 Å². The molecule has 0 saturated carbocycles. The van der Waals surface area contributed by atoms with Crippen molar-refractivity contribution < 1.29 is 162 Å². The number of aromatic nitrogens is 14. The minimum absolute atomic E-state index is 0.00852. The van der Waals surface area contributed by atoms with E-state index in [0.29, 0.717) is 17.8 Å². The molecule has 0 bridgehead atoms. The maximum atomic E-state index is 13.6. The minimum Gasteiger partial charge on any atom is -0.465 e. The standard InChI is InChI=1S/C20H20F3N5O3.C17H12F3N5O5.C17H14F3N5O3.C15H11F3N2O6.C15H9F3N2O6/c1-12(2)27-17-5-4-14(9-15(17)19(29)30-3)31-18-16(20(21,22)23)8-13(10-24-18)11-28-25-6-7-26-28;1-29-16(26)12-7-11(2-3-14(12)25(27)28)30-15-13(17(18,19)20)6-10(8-21-15)9-24-22-4-5-23-24;1-27-16(26)12-7-11(2-3-14(12)21)28-15-13(17(18,19)20)6-10(8-22-15)9-25-23-4-5-24-25;2*1-25-14(22)10-5-9(2-3-12(10)20(23)24)26-13-11(15(16,17)18)4-8(7-21)6-19-13/h4-10,12,27H,11H2,1-3H3;2-8H,9H2,1H3;2-8H,9,21H2,1H3;2-6,21H,7H2,1H3;2-7H,1H3. The number of alkyl halides is 15. The summed E-state index contributed by atoms with van der Waals surface area (Å²) in [4.78, 5) is 122. The fraction of sp³-hybridized carbons (Fsp3) is 0.202. The molecule has 740 valence electrons. The van der Waals surface area contributed by atoms with E-state index >= 15 is 0 Å². The molecule has 4 N–H and O–H groups in total. The van der Waals surface area contributed by atoms with Crippen molar-refractivity contribution in [2.45, 2.75) is 77.0 Å². The van der Waals surface area contributed by atoms with Crippen molar-refractivity contribution in [1.82, 2.24) is 69.9 Å². The number of aliphatic hydroxyl groups is 1. The Morgan fingerprint density at radius 1 is 0.376 bits per heavy atom. The van der Waals surface area contributed by atoms with Gasteiger partial charge >= 0.3 is 60.7 Å². The van der Waals surface area contributed by atoms with E-state index < -0.39 is 173 Å². The molecule has 0 amide bonds. The van der Waals surface area contributed by atoms with Crippen LogP contribution in [0, 0.1) is 30.3 Å². The number of ether oxygens (including phenoxy) is 10. The van der Waals surface area contributed by atoms with Crippen LogP contribution in [-0.4, -0.2) is 168 Å².